The molecule has 11 heteroatoms. The van der Waals surface area contributed by atoms with Crippen molar-refractivity contribution in [3.05, 3.63) is 39.9 Å². The molecule has 4 heterocycles. The van der Waals surface area contributed by atoms with E-state index >= 15 is 0 Å². The number of nitrogens with one attached hydrogen (secondary N) is 1. The Morgan fingerprint density at radius 3 is 2.64 bits per heavy atom. The van der Waals surface area contributed by atoms with Crippen LogP contribution in [0, 0.1) is 17.8 Å². The van der Waals surface area contributed by atoms with Crippen molar-refractivity contribution in [1.82, 2.24) is 34.6 Å². The molecule has 39 heavy (non-hydrogen) atoms. The number of H-pyrrole nitrogens is 1. The molecule has 6 rings (SSSR count). The summed E-state index contributed by atoms with van der Waals surface area (Å²) in [5.74, 6) is 2.13. The van der Waals surface area contributed by atoms with Crippen LogP contribution < -0.4 is 5.76 Å². The Balaban J connectivity index is 1.62. The molecule has 0 saturated heterocycles. The molecular weight excluding hydrogens is 518 g/mol. The minimum atomic E-state index is -0.674. The number of imidazole rings is 1. The van der Waals surface area contributed by atoms with Crippen LogP contribution in [-0.4, -0.2) is 41.8 Å². The summed E-state index contributed by atoms with van der Waals surface area (Å²) in [6.07, 6.45) is 12.3. The number of ether oxygens (including phenoxy) is 1. The lowest BCUT2D eigenvalue weighted by atomic mass is 9.75. The van der Waals surface area contributed by atoms with E-state index in [4.69, 9.17) is 35.8 Å². The maximum Gasteiger partial charge on any atom is 0.439 e. The van der Waals surface area contributed by atoms with E-state index in [-0.39, 0.29) is 17.6 Å². The Labute approximate surface area is 231 Å². The van der Waals surface area contributed by atoms with E-state index in [2.05, 4.69) is 33.5 Å². The predicted molar refractivity (Wildman–Crippen MR) is 147 cm³/mol. The van der Waals surface area contributed by atoms with Gasteiger partial charge in [-0.25, -0.2) is 19.7 Å². The molecule has 4 aromatic rings. The van der Waals surface area contributed by atoms with Gasteiger partial charge in [0.05, 0.1) is 5.02 Å². The van der Waals surface area contributed by atoms with Gasteiger partial charge in [-0.05, 0) is 49.5 Å². The molecule has 206 valence electrons. The Morgan fingerprint density at radius 2 is 1.95 bits per heavy atom. The van der Waals surface area contributed by atoms with E-state index < -0.39 is 11.4 Å². The van der Waals surface area contributed by atoms with E-state index in [1.54, 1.807) is 19.5 Å². The molecule has 0 spiro atoms. The third kappa shape index (κ3) is 4.78. The molecular formula is C28H34ClN7O3. The highest BCUT2D eigenvalue weighted by molar-refractivity contribution is 6.30. The maximum atomic E-state index is 11.7. The van der Waals surface area contributed by atoms with Crippen molar-refractivity contribution in [1.29, 1.82) is 0 Å². The van der Waals surface area contributed by atoms with Gasteiger partial charge in [0.15, 0.2) is 5.65 Å². The summed E-state index contributed by atoms with van der Waals surface area (Å²) in [7, 11) is 1.80. The number of halogens is 1. The van der Waals surface area contributed by atoms with Crippen LogP contribution in [0.1, 0.15) is 71.0 Å². The minimum Gasteiger partial charge on any atom is -0.370 e. The van der Waals surface area contributed by atoms with Gasteiger partial charge in [-0.15, -0.1) is 0 Å². The van der Waals surface area contributed by atoms with Gasteiger partial charge < -0.3 is 9.30 Å². The molecule has 0 aromatic carbocycles. The lowest BCUT2D eigenvalue weighted by molar-refractivity contribution is -0.0923. The number of aromatic amines is 1. The number of fused-ring (bicyclic) bond motifs is 1. The first-order valence-electron chi connectivity index (χ1n) is 13.9. The number of nitrogens with zero attached hydrogens (tertiary/aromatic N) is 6. The number of hydrogen-bond donors (Lipinski definition) is 1. The number of rotatable bonds is 6. The fourth-order valence-electron chi connectivity index (χ4n) is 6.53. The molecule has 2 saturated carbocycles. The van der Waals surface area contributed by atoms with Gasteiger partial charge in [-0.1, -0.05) is 56.3 Å². The summed E-state index contributed by atoms with van der Waals surface area (Å²) < 4.78 is 13.5. The second-order valence-electron chi connectivity index (χ2n) is 11.3. The van der Waals surface area contributed by atoms with E-state index in [1.165, 1.54) is 32.1 Å². The van der Waals surface area contributed by atoms with Gasteiger partial charge in [0.1, 0.15) is 22.6 Å². The molecule has 4 aromatic heterocycles. The Kier molecular flexibility index (Phi) is 7.01. The predicted octanol–water partition coefficient (Wildman–Crippen LogP) is 5.76. The Hall–Kier alpha value is -3.11. The standard InChI is InChI=1S/C28H34ClN7O3/c1-16-7-9-18(10-8-16)15-36-22-21(19-12-20(29)14-30-13-19)31-24(25-34-27(37)39-35-25)32-23(22)33-26(36)28(38-3)11-5-4-6-17(28)2/h12-14,16-18H,4-11,15H2,1-3H3,(H,34,35,37)/t16-,17?,18-,28?. The van der Waals surface area contributed by atoms with E-state index in [0.29, 0.717) is 22.3 Å². The molecule has 2 aliphatic rings. The van der Waals surface area contributed by atoms with Crippen LogP contribution >= 0.6 is 11.6 Å². The number of pyridine rings is 1. The zero-order chi connectivity index (χ0) is 27.1. The Morgan fingerprint density at radius 1 is 1.13 bits per heavy atom. The first-order chi connectivity index (χ1) is 18.9. The first-order valence-corrected chi connectivity index (χ1v) is 14.3. The van der Waals surface area contributed by atoms with Crippen LogP contribution in [0.4, 0.5) is 0 Å². The average molecular weight is 552 g/mol. The first kappa shape index (κ1) is 26.1. The van der Waals surface area contributed by atoms with Crippen LogP contribution in [0.15, 0.2) is 27.8 Å². The van der Waals surface area contributed by atoms with Crippen molar-refractivity contribution in [2.75, 3.05) is 7.11 Å². The maximum absolute atomic E-state index is 11.7. The largest absolute Gasteiger partial charge is 0.439 e. The molecule has 1 N–H and O–H groups in total. The highest BCUT2D eigenvalue weighted by atomic mass is 35.5. The van der Waals surface area contributed by atoms with Gasteiger partial charge >= 0.3 is 5.76 Å². The molecule has 0 amide bonds. The number of aromatic nitrogens is 7. The normalized spacial score (nSPS) is 25.8. The third-order valence-electron chi connectivity index (χ3n) is 8.78. The van der Waals surface area contributed by atoms with Gasteiger partial charge in [0, 0.05) is 31.6 Å². The van der Waals surface area contributed by atoms with Crippen LogP contribution in [0.2, 0.25) is 5.02 Å². The topological polar surface area (TPSA) is 125 Å². The van der Waals surface area contributed by atoms with Gasteiger partial charge in [0.25, 0.3) is 0 Å². The molecule has 10 nitrogen and oxygen atoms in total. The van der Waals surface area contributed by atoms with Crippen molar-refractivity contribution in [3.8, 4) is 22.9 Å². The lowest BCUT2D eigenvalue weighted by Crippen LogP contribution is -2.41. The molecule has 0 bridgehead atoms. The summed E-state index contributed by atoms with van der Waals surface area (Å²) in [5, 5.41) is 4.34. The molecule has 2 unspecified atom stereocenters. The zero-order valence-corrected chi connectivity index (χ0v) is 23.4. The van der Waals surface area contributed by atoms with Crippen molar-refractivity contribution in [3.63, 3.8) is 0 Å². The zero-order valence-electron chi connectivity index (χ0n) is 22.6. The second kappa shape index (κ2) is 10.5. The minimum absolute atomic E-state index is 0.142. The fraction of sp³-hybridized carbons (Fsp3) is 0.571. The number of hydrogen-bond acceptors (Lipinski definition) is 8. The highest BCUT2D eigenvalue weighted by Crippen LogP contribution is 2.46. The van der Waals surface area contributed by atoms with Crippen molar-refractivity contribution < 1.29 is 9.26 Å². The van der Waals surface area contributed by atoms with Crippen LogP contribution in [0.25, 0.3) is 34.1 Å². The summed E-state index contributed by atoms with van der Waals surface area (Å²) >= 11 is 6.38. The summed E-state index contributed by atoms with van der Waals surface area (Å²) in [5.41, 5.74) is 2.16. The fourth-order valence-corrected chi connectivity index (χ4v) is 6.70. The van der Waals surface area contributed by atoms with E-state index in [1.807, 2.05) is 6.07 Å². The lowest BCUT2D eigenvalue weighted by Gasteiger charge is -2.41. The average Bonchev–Trinajstić information content (AvgIpc) is 3.54. The number of methoxy groups -OCH3 is 1. The van der Waals surface area contributed by atoms with Crippen molar-refractivity contribution in [2.45, 2.75) is 77.4 Å². The smallest absolute Gasteiger partial charge is 0.370 e. The van der Waals surface area contributed by atoms with Gasteiger partial charge in [-0.2, -0.15) is 0 Å². The Bertz CT molecular complexity index is 1540. The summed E-state index contributed by atoms with van der Waals surface area (Å²) in [4.78, 5) is 33.5. The van der Waals surface area contributed by atoms with Crippen molar-refractivity contribution in [2.24, 2.45) is 17.8 Å². The van der Waals surface area contributed by atoms with Crippen molar-refractivity contribution >= 4 is 22.8 Å². The summed E-state index contributed by atoms with van der Waals surface area (Å²) in [6, 6.07) is 1.83. The molecule has 0 radical (unpaired) electrons. The van der Waals surface area contributed by atoms with E-state index in [9.17, 15) is 4.79 Å². The molecule has 0 aliphatic heterocycles. The van der Waals surface area contributed by atoms with Crippen LogP contribution in [-0.2, 0) is 16.9 Å². The third-order valence-corrected chi connectivity index (χ3v) is 8.99. The monoisotopic (exact) mass is 551 g/mol. The molecule has 2 atom stereocenters. The summed E-state index contributed by atoms with van der Waals surface area (Å²) in [6.45, 7) is 5.40. The SMILES string of the molecule is COC1(c2nc3nc(-c4noc(=O)[nH]4)nc(-c4cncc(Cl)c4)c3n2C[C@H]2CC[C@H](C)CC2)CCCCC1C. The molecule has 2 fully saturated rings. The van der Waals surface area contributed by atoms with Crippen LogP contribution in [0.5, 0.6) is 0 Å². The van der Waals surface area contributed by atoms with Gasteiger partial charge in [0.2, 0.25) is 11.6 Å². The van der Waals surface area contributed by atoms with E-state index in [0.717, 1.165) is 48.6 Å². The second-order valence-corrected chi connectivity index (χ2v) is 11.8. The molecule has 2 aliphatic carbocycles. The van der Waals surface area contributed by atoms with Gasteiger partial charge in [-0.3, -0.25) is 14.5 Å². The van der Waals surface area contributed by atoms with Crippen LogP contribution in [0.3, 0.4) is 0 Å². The highest BCUT2D eigenvalue weighted by Gasteiger charge is 2.45. The quantitative estimate of drug-likeness (QED) is 0.320.